The quantitative estimate of drug-likeness (QED) is 0.710. The van der Waals surface area contributed by atoms with Gasteiger partial charge in [-0.2, -0.15) is 0 Å². The Morgan fingerprint density at radius 2 is 1.86 bits per heavy atom. The molecule has 0 saturated carbocycles. The third-order valence-electron chi connectivity index (χ3n) is 2.12. The molecule has 1 aromatic carbocycles. The normalized spacial score (nSPS) is 12.2. The van der Waals surface area contributed by atoms with E-state index in [0.717, 1.165) is 17.5 Å². The van der Waals surface area contributed by atoms with E-state index in [0.29, 0.717) is 0 Å². The van der Waals surface area contributed by atoms with Crippen molar-refractivity contribution in [2.45, 2.75) is 5.25 Å². The molecule has 1 unspecified atom stereocenters. The van der Waals surface area contributed by atoms with Gasteiger partial charge in [0.05, 0.1) is 5.25 Å². The summed E-state index contributed by atoms with van der Waals surface area (Å²) in [6.45, 7) is 0. The number of carbonyl (C=O) groups excluding carboxylic acids is 1. The second-order valence-corrected chi connectivity index (χ2v) is 4.26. The van der Waals surface area contributed by atoms with E-state index in [1.54, 1.807) is 11.8 Å². The SMILES string of the molecule is CSC(C=O)c1ccc(N(C)C)cc1. The molecule has 0 spiro atoms. The number of benzene rings is 1. The molecule has 0 aliphatic rings. The van der Waals surface area contributed by atoms with Crippen LogP contribution in [0.15, 0.2) is 24.3 Å². The van der Waals surface area contributed by atoms with Crippen molar-refractivity contribution in [1.82, 2.24) is 0 Å². The Morgan fingerprint density at radius 1 is 1.29 bits per heavy atom. The Bertz CT molecular complexity index is 295. The fourth-order valence-electron chi connectivity index (χ4n) is 1.23. The maximum absolute atomic E-state index is 10.7. The van der Waals surface area contributed by atoms with Crippen LogP contribution < -0.4 is 4.90 Å². The summed E-state index contributed by atoms with van der Waals surface area (Å²) < 4.78 is 0. The molecule has 0 fully saturated rings. The number of hydrogen-bond donors (Lipinski definition) is 0. The first-order valence-corrected chi connectivity index (χ1v) is 5.73. The maximum Gasteiger partial charge on any atom is 0.137 e. The number of carbonyl (C=O) groups is 1. The molecule has 0 amide bonds. The van der Waals surface area contributed by atoms with Gasteiger partial charge < -0.3 is 9.69 Å². The predicted molar refractivity (Wildman–Crippen MR) is 63.1 cm³/mol. The highest BCUT2D eigenvalue weighted by Crippen LogP contribution is 2.25. The molecule has 1 atom stereocenters. The molecule has 0 N–H and O–H groups in total. The van der Waals surface area contributed by atoms with Crippen molar-refractivity contribution >= 4 is 23.7 Å². The van der Waals surface area contributed by atoms with Crippen LogP contribution in [0.2, 0.25) is 0 Å². The molecular formula is C11H15NOS. The van der Waals surface area contributed by atoms with Gasteiger partial charge in [-0.1, -0.05) is 12.1 Å². The number of nitrogens with zero attached hydrogens (tertiary/aromatic N) is 1. The Morgan fingerprint density at radius 3 is 2.21 bits per heavy atom. The largest absolute Gasteiger partial charge is 0.378 e. The van der Waals surface area contributed by atoms with E-state index in [-0.39, 0.29) is 5.25 Å². The number of rotatable bonds is 4. The molecule has 76 valence electrons. The second-order valence-electron chi connectivity index (χ2n) is 3.28. The zero-order valence-electron chi connectivity index (χ0n) is 8.73. The van der Waals surface area contributed by atoms with Crippen LogP contribution in [0.4, 0.5) is 5.69 Å². The van der Waals surface area contributed by atoms with Gasteiger partial charge in [-0.25, -0.2) is 0 Å². The Balaban J connectivity index is 2.87. The van der Waals surface area contributed by atoms with Gasteiger partial charge in [0.2, 0.25) is 0 Å². The zero-order valence-corrected chi connectivity index (χ0v) is 9.54. The summed E-state index contributed by atoms with van der Waals surface area (Å²) in [4.78, 5) is 12.8. The minimum Gasteiger partial charge on any atom is -0.378 e. The van der Waals surface area contributed by atoms with Gasteiger partial charge in [0.25, 0.3) is 0 Å². The van der Waals surface area contributed by atoms with E-state index in [1.165, 1.54) is 0 Å². The molecule has 0 aliphatic carbocycles. The van der Waals surface area contributed by atoms with Crippen molar-refractivity contribution in [2.24, 2.45) is 0 Å². The average Bonchev–Trinajstić information content (AvgIpc) is 2.20. The summed E-state index contributed by atoms with van der Waals surface area (Å²) >= 11 is 1.56. The smallest absolute Gasteiger partial charge is 0.137 e. The minimum atomic E-state index is -0.0359. The lowest BCUT2D eigenvalue weighted by Crippen LogP contribution is -2.08. The third kappa shape index (κ3) is 2.51. The van der Waals surface area contributed by atoms with Gasteiger partial charge in [0.15, 0.2) is 0 Å². The van der Waals surface area contributed by atoms with Crippen LogP contribution in [0, 0.1) is 0 Å². The van der Waals surface area contributed by atoms with Crippen LogP contribution in [0.1, 0.15) is 10.8 Å². The Kier molecular flexibility index (Phi) is 4.01. The number of aldehydes is 1. The fraction of sp³-hybridized carbons (Fsp3) is 0.364. The van der Waals surface area contributed by atoms with Crippen molar-refractivity contribution in [3.63, 3.8) is 0 Å². The fourth-order valence-corrected chi connectivity index (χ4v) is 1.77. The molecule has 1 rings (SSSR count). The van der Waals surface area contributed by atoms with Crippen LogP contribution in [0.3, 0.4) is 0 Å². The van der Waals surface area contributed by atoms with E-state index in [9.17, 15) is 4.79 Å². The minimum absolute atomic E-state index is 0.0359. The lowest BCUT2D eigenvalue weighted by Gasteiger charge is -2.14. The van der Waals surface area contributed by atoms with Crippen LogP contribution in [-0.2, 0) is 4.79 Å². The highest BCUT2D eigenvalue weighted by atomic mass is 32.2. The lowest BCUT2D eigenvalue weighted by atomic mass is 10.1. The molecule has 0 saturated heterocycles. The predicted octanol–water partition coefficient (Wildman–Crippen LogP) is 2.36. The number of hydrogen-bond acceptors (Lipinski definition) is 3. The molecule has 14 heavy (non-hydrogen) atoms. The topological polar surface area (TPSA) is 20.3 Å². The van der Waals surface area contributed by atoms with Crippen molar-refractivity contribution in [1.29, 1.82) is 0 Å². The van der Waals surface area contributed by atoms with E-state index in [4.69, 9.17) is 0 Å². The van der Waals surface area contributed by atoms with E-state index in [2.05, 4.69) is 0 Å². The summed E-state index contributed by atoms with van der Waals surface area (Å²) in [5, 5.41) is -0.0359. The first kappa shape index (κ1) is 11.1. The first-order chi connectivity index (χ1) is 6.69. The van der Waals surface area contributed by atoms with Gasteiger partial charge in [0, 0.05) is 19.8 Å². The van der Waals surface area contributed by atoms with Crippen molar-refractivity contribution < 1.29 is 4.79 Å². The first-order valence-electron chi connectivity index (χ1n) is 4.44. The summed E-state index contributed by atoms with van der Waals surface area (Å²) in [5.41, 5.74) is 2.22. The summed E-state index contributed by atoms with van der Waals surface area (Å²) in [5.74, 6) is 0. The second kappa shape index (κ2) is 5.05. The van der Waals surface area contributed by atoms with E-state index >= 15 is 0 Å². The standard InChI is InChI=1S/C11H15NOS/c1-12(2)10-6-4-9(5-7-10)11(8-13)14-3/h4-8,11H,1-3H3. The third-order valence-corrected chi connectivity index (χ3v) is 3.01. The Labute approximate surface area is 89.3 Å². The summed E-state index contributed by atoms with van der Waals surface area (Å²) in [6, 6.07) is 8.07. The van der Waals surface area contributed by atoms with Crippen molar-refractivity contribution in [3.8, 4) is 0 Å². The molecule has 0 radical (unpaired) electrons. The molecule has 2 nitrogen and oxygen atoms in total. The molecule has 1 aromatic rings. The van der Waals surface area contributed by atoms with Crippen molar-refractivity contribution in [3.05, 3.63) is 29.8 Å². The molecule has 0 bridgehead atoms. The van der Waals surface area contributed by atoms with Crippen molar-refractivity contribution in [2.75, 3.05) is 25.3 Å². The van der Waals surface area contributed by atoms with E-state index in [1.807, 2.05) is 49.5 Å². The Hall–Kier alpha value is -0.960. The van der Waals surface area contributed by atoms with Crippen LogP contribution in [-0.4, -0.2) is 26.6 Å². The number of thioether (sulfide) groups is 1. The van der Waals surface area contributed by atoms with Crippen LogP contribution >= 0.6 is 11.8 Å². The molecule has 0 heterocycles. The van der Waals surface area contributed by atoms with Crippen LogP contribution in [0.25, 0.3) is 0 Å². The monoisotopic (exact) mass is 209 g/mol. The molecular weight excluding hydrogens is 194 g/mol. The lowest BCUT2D eigenvalue weighted by molar-refractivity contribution is -0.107. The van der Waals surface area contributed by atoms with Gasteiger partial charge in [-0.05, 0) is 24.0 Å². The average molecular weight is 209 g/mol. The van der Waals surface area contributed by atoms with Gasteiger partial charge in [-0.15, -0.1) is 11.8 Å². The molecule has 3 heteroatoms. The summed E-state index contributed by atoms with van der Waals surface area (Å²) in [7, 11) is 4.00. The molecule has 0 aromatic heterocycles. The van der Waals surface area contributed by atoms with E-state index < -0.39 is 0 Å². The van der Waals surface area contributed by atoms with Gasteiger partial charge in [-0.3, -0.25) is 0 Å². The van der Waals surface area contributed by atoms with Gasteiger partial charge in [0.1, 0.15) is 6.29 Å². The highest BCUT2D eigenvalue weighted by molar-refractivity contribution is 7.99. The highest BCUT2D eigenvalue weighted by Gasteiger charge is 2.07. The number of anilines is 1. The van der Waals surface area contributed by atoms with Gasteiger partial charge >= 0.3 is 0 Å². The van der Waals surface area contributed by atoms with Crippen LogP contribution in [0.5, 0.6) is 0 Å². The molecule has 0 aliphatic heterocycles. The maximum atomic E-state index is 10.7. The zero-order chi connectivity index (χ0) is 10.6. The summed E-state index contributed by atoms with van der Waals surface area (Å²) in [6.07, 6.45) is 2.92.